The molecule has 1 amide bonds. The van der Waals surface area contributed by atoms with Gasteiger partial charge in [0.2, 0.25) is 0 Å². The lowest BCUT2D eigenvalue weighted by Gasteiger charge is -2.16. The Balaban J connectivity index is 1.48. The van der Waals surface area contributed by atoms with Gasteiger partial charge in [0, 0.05) is 36.6 Å². The van der Waals surface area contributed by atoms with E-state index in [9.17, 15) is 4.79 Å². The second-order valence-corrected chi connectivity index (χ2v) is 7.83. The summed E-state index contributed by atoms with van der Waals surface area (Å²) in [5, 5.41) is 8.36. The van der Waals surface area contributed by atoms with Gasteiger partial charge in [-0.25, -0.2) is 4.98 Å². The SMILES string of the molecule is CCNC(=O)c1ccc(CN(C)c2nc(-c3ccc4ccccc4c3)cs2)cc1. The summed E-state index contributed by atoms with van der Waals surface area (Å²) in [6.07, 6.45) is 0. The highest BCUT2D eigenvalue weighted by molar-refractivity contribution is 7.14. The van der Waals surface area contributed by atoms with Crippen molar-refractivity contribution in [3.05, 3.63) is 83.2 Å². The van der Waals surface area contributed by atoms with Crippen LogP contribution in [0.1, 0.15) is 22.8 Å². The number of fused-ring (bicyclic) bond motifs is 1. The normalized spacial score (nSPS) is 10.8. The number of anilines is 1. The van der Waals surface area contributed by atoms with Crippen LogP contribution in [0.4, 0.5) is 5.13 Å². The van der Waals surface area contributed by atoms with Crippen molar-refractivity contribution in [3.8, 4) is 11.3 Å². The predicted molar refractivity (Wildman–Crippen MR) is 122 cm³/mol. The number of carbonyl (C=O) groups excluding carboxylic acids is 1. The fourth-order valence-corrected chi connectivity index (χ4v) is 4.09. The Morgan fingerprint density at radius 2 is 1.79 bits per heavy atom. The first kappa shape index (κ1) is 19.2. The molecule has 0 aliphatic carbocycles. The summed E-state index contributed by atoms with van der Waals surface area (Å²) in [6, 6.07) is 22.6. The highest BCUT2D eigenvalue weighted by Gasteiger charge is 2.10. The number of thiazole rings is 1. The van der Waals surface area contributed by atoms with Gasteiger partial charge in [0.1, 0.15) is 0 Å². The van der Waals surface area contributed by atoms with Crippen LogP contribution in [0, 0.1) is 0 Å². The number of aromatic nitrogens is 1. The van der Waals surface area contributed by atoms with Crippen molar-refractivity contribution in [1.82, 2.24) is 10.3 Å². The molecule has 1 aromatic heterocycles. The molecule has 4 nitrogen and oxygen atoms in total. The van der Waals surface area contributed by atoms with E-state index in [0.29, 0.717) is 12.1 Å². The molecule has 0 saturated heterocycles. The lowest BCUT2D eigenvalue weighted by atomic mass is 10.1. The van der Waals surface area contributed by atoms with Gasteiger partial charge in [0.15, 0.2) is 5.13 Å². The highest BCUT2D eigenvalue weighted by Crippen LogP contribution is 2.29. The minimum Gasteiger partial charge on any atom is -0.352 e. The summed E-state index contributed by atoms with van der Waals surface area (Å²) >= 11 is 1.64. The molecular formula is C24H23N3OS. The van der Waals surface area contributed by atoms with Gasteiger partial charge in [0.25, 0.3) is 5.91 Å². The molecule has 29 heavy (non-hydrogen) atoms. The van der Waals surface area contributed by atoms with Crippen LogP contribution in [0.25, 0.3) is 22.0 Å². The van der Waals surface area contributed by atoms with Crippen LogP contribution in [0.15, 0.2) is 72.1 Å². The van der Waals surface area contributed by atoms with Crippen molar-refractivity contribution in [2.45, 2.75) is 13.5 Å². The van der Waals surface area contributed by atoms with Crippen LogP contribution < -0.4 is 10.2 Å². The molecule has 1 N–H and O–H groups in total. The standard InChI is InChI=1S/C24H23N3OS/c1-3-25-23(28)19-10-8-17(9-11-19)15-27(2)24-26-22(16-29-24)21-13-12-18-6-4-5-7-20(18)14-21/h4-14,16H,3,15H2,1-2H3,(H,25,28). The zero-order valence-corrected chi connectivity index (χ0v) is 17.4. The minimum absolute atomic E-state index is 0.0349. The monoisotopic (exact) mass is 401 g/mol. The smallest absolute Gasteiger partial charge is 0.251 e. The molecule has 4 rings (SSSR count). The van der Waals surface area contributed by atoms with E-state index in [1.807, 2.05) is 38.2 Å². The zero-order chi connectivity index (χ0) is 20.2. The molecule has 146 valence electrons. The van der Waals surface area contributed by atoms with Gasteiger partial charge in [-0.3, -0.25) is 4.79 Å². The number of amides is 1. The molecule has 0 aliphatic heterocycles. The fraction of sp³-hybridized carbons (Fsp3) is 0.167. The zero-order valence-electron chi connectivity index (χ0n) is 16.6. The molecular weight excluding hydrogens is 378 g/mol. The van der Waals surface area contributed by atoms with Crippen molar-refractivity contribution in [2.24, 2.45) is 0 Å². The Morgan fingerprint density at radius 1 is 1.03 bits per heavy atom. The molecule has 0 radical (unpaired) electrons. The lowest BCUT2D eigenvalue weighted by molar-refractivity contribution is 0.0956. The van der Waals surface area contributed by atoms with E-state index >= 15 is 0 Å². The molecule has 4 aromatic rings. The number of benzene rings is 3. The minimum atomic E-state index is -0.0349. The molecule has 5 heteroatoms. The van der Waals surface area contributed by atoms with E-state index in [2.05, 4.69) is 58.1 Å². The second kappa shape index (κ2) is 8.45. The molecule has 0 unspecified atom stereocenters. The van der Waals surface area contributed by atoms with E-state index in [4.69, 9.17) is 4.98 Å². The maximum absolute atomic E-state index is 11.9. The summed E-state index contributed by atoms with van der Waals surface area (Å²) in [6.45, 7) is 3.29. The maximum Gasteiger partial charge on any atom is 0.251 e. The number of hydrogen-bond donors (Lipinski definition) is 1. The quantitative estimate of drug-likeness (QED) is 0.474. The molecule has 1 heterocycles. The van der Waals surface area contributed by atoms with Crippen LogP contribution in [0.3, 0.4) is 0 Å². The third-order valence-electron chi connectivity index (χ3n) is 4.84. The number of rotatable bonds is 6. The molecule has 0 saturated carbocycles. The Morgan fingerprint density at radius 3 is 2.55 bits per heavy atom. The van der Waals surface area contributed by atoms with Crippen LogP contribution in [-0.2, 0) is 6.54 Å². The third kappa shape index (κ3) is 4.30. The lowest BCUT2D eigenvalue weighted by Crippen LogP contribution is -2.22. The first-order valence-corrected chi connectivity index (χ1v) is 10.5. The van der Waals surface area contributed by atoms with Crippen molar-refractivity contribution in [3.63, 3.8) is 0 Å². The number of hydrogen-bond acceptors (Lipinski definition) is 4. The summed E-state index contributed by atoms with van der Waals surface area (Å²) < 4.78 is 0. The summed E-state index contributed by atoms with van der Waals surface area (Å²) in [7, 11) is 2.04. The van der Waals surface area contributed by atoms with E-state index in [-0.39, 0.29) is 5.91 Å². The summed E-state index contributed by atoms with van der Waals surface area (Å²) in [4.78, 5) is 18.9. The molecule has 0 bridgehead atoms. The van der Waals surface area contributed by atoms with Crippen LogP contribution in [-0.4, -0.2) is 24.5 Å². The number of carbonyl (C=O) groups is 1. The Bertz CT molecular complexity index is 1130. The van der Waals surface area contributed by atoms with Crippen LogP contribution in [0.5, 0.6) is 0 Å². The van der Waals surface area contributed by atoms with Gasteiger partial charge in [-0.15, -0.1) is 11.3 Å². The summed E-state index contributed by atoms with van der Waals surface area (Å²) in [5.41, 5.74) is 3.95. The van der Waals surface area contributed by atoms with Crippen molar-refractivity contribution < 1.29 is 4.79 Å². The van der Waals surface area contributed by atoms with E-state index in [0.717, 1.165) is 28.5 Å². The predicted octanol–water partition coefficient (Wildman–Crippen LogP) is 5.35. The number of nitrogens with zero attached hydrogens (tertiary/aromatic N) is 2. The van der Waals surface area contributed by atoms with Crippen LogP contribution >= 0.6 is 11.3 Å². The van der Waals surface area contributed by atoms with Gasteiger partial charge in [0.05, 0.1) is 5.69 Å². The Hall–Kier alpha value is -3.18. The second-order valence-electron chi connectivity index (χ2n) is 6.99. The average molecular weight is 402 g/mol. The summed E-state index contributed by atoms with van der Waals surface area (Å²) in [5.74, 6) is -0.0349. The Labute approximate surface area is 174 Å². The van der Waals surface area contributed by atoms with Crippen molar-refractivity contribution in [2.75, 3.05) is 18.5 Å². The highest BCUT2D eigenvalue weighted by atomic mass is 32.1. The largest absolute Gasteiger partial charge is 0.352 e. The van der Waals surface area contributed by atoms with E-state index in [1.54, 1.807) is 11.3 Å². The number of nitrogens with one attached hydrogen (secondary N) is 1. The van der Waals surface area contributed by atoms with Gasteiger partial charge in [-0.2, -0.15) is 0 Å². The first-order chi connectivity index (χ1) is 14.1. The van der Waals surface area contributed by atoms with Crippen molar-refractivity contribution >= 4 is 33.1 Å². The van der Waals surface area contributed by atoms with Gasteiger partial charge in [-0.1, -0.05) is 48.5 Å². The molecule has 0 fully saturated rings. The molecule has 0 aliphatic rings. The van der Waals surface area contributed by atoms with E-state index in [1.165, 1.54) is 10.8 Å². The average Bonchev–Trinajstić information content (AvgIpc) is 3.24. The van der Waals surface area contributed by atoms with Gasteiger partial charge >= 0.3 is 0 Å². The molecule has 0 spiro atoms. The third-order valence-corrected chi connectivity index (χ3v) is 5.79. The maximum atomic E-state index is 11.9. The van der Waals surface area contributed by atoms with Crippen molar-refractivity contribution in [1.29, 1.82) is 0 Å². The van der Waals surface area contributed by atoms with Crippen LogP contribution in [0.2, 0.25) is 0 Å². The molecule has 0 atom stereocenters. The van der Waals surface area contributed by atoms with E-state index < -0.39 is 0 Å². The fourth-order valence-electron chi connectivity index (χ4n) is 3.29. The first-order valence-electron chi connectivity index (χ1n) is 9.67. The topological polar surface area (TPSA) is 45.2 Å². The molecule has 3 aromatic carbocycles. The van der Waals surface area contributed by atoms with Gasteiger partial charge in [-0.05, 0) is 41.5 Å². The Kier molecular flexibility index (Phi) is 5.58. The van der Waals surface area contributed by atoms with Gasteiger partial charge < -0.3 is 10.2 Å².